The maximum atomic E-state index is 11.6. The first-order chi connectivity index (χ1) is 7.75. The van der Waals surface area contributed by atoms with E-state index in [1.165, 1.54) is 0 Å². The largest absolute Gasteiger partial charge is 0.508 e. The topological polar surface area (TPSA) is 78.0 Å². The molecule has 1 amide bonds. The Labute approximate surface area is 92.1 Å². The summed E-state index contributed by atoms with van der Waals surface area (Å²) in [7, 11) is 0. The first-order valence-corrected chi connectivity index (χ1v) is 4.82. The van der Waals surface area contributed by atoms with Crippen LogP contribution in [0.5, 0.6) is 5.75 Å². The van der Waals surface area contributed by atoms with E-state index in [4.69, 9.17) is 0 Å². The Kier molecular flexibility index (Phi) is 2.86. The number of aromatic amines is 1. The number of H-pyrrole nitrogens is 1. The fourth-order valence-electron chi connectivity index (χ4n) is 1.35. The fraction of sp³-hybridized carbons (Fsp3) is 0.0909. The number of hydrogen-bond donors (Lipinski definition) is 3. The number of aromatic hydroxyl groups is 1. The van der Waals surface area contributed by atoms with Gasteiger partial charge in [0.1, 0.15) is 11.6 Å². The van der Waals surface area contributed by atoms with Gasteiger partial charge < -0.3 is 10.4 Å². The van der Waals surface area contributed by atoms with Crippen LogP contribution in [0.25, 0.3) is 0 Å². The van der Waals surface area contributed by atoms with Crippen LogP contribution in [0, 0.1) is 0 Å². The number of nitrogens with zero attached hydrogens (tertiary/aromatic N) is 1. The molecular weight excluding hydrogens is 206 g/mol. The van der Waals surface area contributed by atoms with Crippen LogP contribution in [-0.2, 0) is 11.2 Å². The Morgan fingerprint density at radius 2 is 2.19 bits per heavy atom. The number of amides is 1. The van der Waals surface area contributed by atoms with Gasteiger partial charge in [0.2, 0.25) is 5.91 Å². The van der Waals surface area contributed by atoms with Crippen molar-refractivity contribution in [3.05, 3.63) is 42.1 Å². The zero-order chi connectivity index (χ0) is 11.4. The van der Waals surface area contributed by atoms with Gasteiger partial charge in [0.25, 0.3) is 0 Å². The summed E-state index contributed by atoms with van der Waals surface area (Å²) in [6, 6.07) is 8.41. The molecule has 3 N–H and O–H groups in total. The molecule has 1 aromatic heterocycles. The SMILES string of the molecule is O=C(Cc1ccccc1O)Nc1ccn[nH]1. The number of anilines is 1. The third-order valence-electron chi connectivity index (χ3n) is 2.12. The molecule has 0 saturated carbocycles. The van der Waals surface area contributed by atoms with Crippen LogP contribution < -0.4 is 5.32 Å². The van der Waals surface area contributed by atoms with Crippen LogP contribution in [0.3, 0.4) is 0 Å². The number of nitrogens with one attached hydrogen (secondary N) is 2. The van der Waals surface area contributed by atoms with Gasteiger partial charge in [-0.3, -0.25) is 9.89 Å². The molecular formula is C11H11N3O2. The minimum Gasteiger partial charge on any atom is -0.508 e. The van der Waals surface area contributed by atoms with Crippen molar-refractivity contribution in [2.24, 2.45) is 0 Å². The predicted octanol–water partition coefficient (Wildman–Crippen LogP) is 1.30. The van der Waals surface area contributed by atoms with Gasteiger partial charge in [0.15, 0.2) is 0 Å². The number of phenolic OH excluding ortho intramolecular Hbond substituents is 1. The lowest BCUT2D eigenvalue weighted by Gasteiger charge is -2.04. The molecule has 0 radical (unpaired) electrons. The van der Waals surface area contributed by atoms with Gasteiger partial charge in [0, 0.05) is 11.6 Å². The second-order valence-electron chi connectivity index (χ2n) is 3.32. The first kappa shape index (κ1) is 10.2. The van der Waals surface area contributed by atoms with E-state index < -0.39 is 0 Å². The zero-order valence-corrected chi connectivity index (χ0v) is 8.47. The average molecular weight is 217 g/mol. The van der Waals surface area contributed by atoms with Crippen LogP contribution in [-0.4, -0.2) is 21.2 Å². The van der Waals surface area contributed by atoms with Crippen LogP contribution in [0.15, 0.2) is 36.5 Å². The van der Waals surface area contributed by atoms with Crippen LogP contribution >= 0.6 is 0 Å². The summed E-state index contributed by atoms with van der Waals surface area (Å²) in [6.45, 7) is 0. The Balaban J connectivity index is 2.00. The number of carbonyl (C=O) groups is 1. The lowest BCUT2D eigenvalue weighted by atomic mass is 10.1. The molecule has 0 saturated heterocycles. The normalized spacial score (nSPS) is 10.0. The van der Waals surface area contributed by atoms with E-state index in [0.29, 0.717) is 11.4 Å². The monoisotopic (exact) mass is 217 g/mol. The van der Waals surface area contributed by atoms with Gasteiger partial charge in [-0.25, -0.2) is 0 Å². The molecule has 2 aromatic rings. The zero-order valence-electron chi connectivity index (χ0n) is 8.47. The number of rotatable bonds is 3. The standard InChI is InChI=1S/C11H11N3O2/c15-9-4-2-1-3-8(9)7-11(16)13-10-5-6-12-14-10/h1-6,15H,7H2,(H2,12,13,14,16). The summed E-state index contributed by atoms with van der Waals surface area (Å²) >= 11 is 0. The van der Waals surface area contributed by atoms with Crippen LogP contribution in [0.4, 0.5) is 5.82 Å². The third-order valence-corrected chi connectivity index (χ3v) is 2.12. The van der Waals surface area contributed by atoms with E-state index in [9.17, 15) is 9.90 Å². The fourth-order valence-corrected chi connectivity index (χ4v) is 1.35. The summed E-state index contributed by atoms with van der Waals surface area (Å²) in [5.41, 5.74) is 0.597. The van der Waals surface area contributed by atoms with Crippen molar-refractivity contribution >= 4 is 11.7 Å². The van der Waals surface area contributed by atoms with E-state index in [2.05, 4.69) is 15.5 Å². The molecule has 0 aliphatic rings. The van der Waals surface area contributed by atoms with E-state index in [-0.39, 0.29) is 18.1 Å². The molecule has 1 aromatic carbocycles. The molecule has 0 spiro atoms. The average Bonchev–Trinajstić information content (AvgIpc) is 2.74. The van der Waals surface area contributed by atoms with Crippen molar-refractivity contribution in [2.45, 2.75) is 6.42 Å². The summed E-state index contributed by atoms with van der Waals surface area (Å²) in [4.78, 5) is 11.6. The first-order valence-electron chi connectivity index (χ1n) is 4.82. The molecule has 0 atom stereocenters. The second-order valence-corrected chi connectivity index (χ2v) is 3.32. The van der Waals surface area contributed by atoms with E-state index in [1.807, 2.05) is 0 Å². The van der Waals surface area contributed by atoms with Gasteiger partial charge in [-0.2, -0.15) is 5.10 Å². The van der Waals surface area contributed by atoms with Gasteiger partial charge in [0.05, 0.1) is 12.6 Å². The molecule has 0 bridgehead atoms. The minimum atomic E-state index is -0.203. The smallest absolute Gasteiger partial charge is 0.230 e. The molecule has 5 heteroatoms. The summed E-state index contributed by atoms with van der Waals surface area (Å²) in [5, 5.41) is 18.4. The van der Waals surface area contributed by atoms with Gasteiger partial charge >= 0.3 is 0 Å². The molecule has 82 valence electrons. The lowest BCUT2D eigenvalue weighted by Crippen LogP contribution is -2.14. The molecule has 0 fully saturated rings. The van der Waals surface area contributed by atoms with E-state index >= 15 is 0 Å². The lowest BCUT2D eigenvalue weighted by molar-refractivity contribution is -0.115. The third kappa shape index (κ3) is 2.38. The number of hydrogen-bond acceptors (Lipinski definition) is 3. The summed E-state index contributed by atoms with van der Waals surface area (Å²) in [6.07, 6.45) is 1.68. The highest BCUT2D eigenvalue weighted by Gasteiger charge is 2.07. The van der Waals surface area contributed by atoms with Crippen molar-refractivity contribution in [2.75, 3.05) is 5.32 Å². The Morgan fingerprint density at radius 1 is 1.38 bits per heavy atom. The molecule has 2 rings (SSSR count). The molecule has 1 heterocycles. The summed E-state index contributed by atoms with van der Waals surface area (Å²) in [5.74, 6) is 0.466. The van der Waals surface area contributed by atoms with Gasteiger partial charge in [-0.1, -0.05) is 18.2 Å². The number of carbonyl (C=O) groups excluding carboxylic acids is 1. The van der Waals surface area contributed by atoms with Crippen molar-refractivity contribution in [3.63, 3.8) is 0 Å². The molecule has 16 heavy (non-hydrogen) atoms. The van der Waals surface area contributed by atoms with Gasteiger partial charge in [-0.15, -0.1) is 0 Å². The van der Waals surface area contributed by atoms with Crippen LogP contribution in [0.1, 0.15) is 5.56 Å². The number of para-hydroxylation sites is 1. The number of benzene rings is 1. The molecule has 0 unspecified atom stereocenters. The highest BCUT2D eigenvalue weighted by Crippen LogP contribution is 2.16. The molecule has 0 aliphatic heterocycles. The van der Waals surface area contributed by atoms with Gasteiger partial charge in [-0.05, 0) is 6.07 Å². The van der Waals surface area contributed by atoms with Crippen molar-refractivity contribution < 1.29 is 9.90 Å². The van der Waals surface area contributed by atoms with Crippen molar-refractivity contribution in [3.8, 4) is 5.75 Å². The maximum absolute atomic E-state index is 11.6. The Bertz CT molecular complexity index is 480. The second kappa shape index (κ2) is 4.48. The maximum Gasteiger partial charge on any atom is 0.230 e. The van der Waals surface area contributed by atoms with Crippen molar-refractivity contribution in [1.29, 1.82) is 0 Å². The van der Waals surface area contributed by atoms with Crippen LogP contribution in [0.2, 0.25) is 0 Å². The van der Waals surface area contributed by atoms with E-state index in [1.54, 1.807) is 36.5 Å². The highest BCUT2D eigenvalue weighted by molar-refractivity contribution is 5.91. The van der Waals surface area contributed by atoms with E-state index in [0.717, 1.165) is 0 Å². The molecule has 0 aliphatic carbocycles. The predicted molar refractivity (Wildman–Crippen MR) is 59.0 cm³/mol. The molecule has 5 nitrogen and oxygen atoms in total. The quantitative estimate of drug-likeness (QED) is 0.725. The number of aromatic nitrogens is 2. The summed E-state index contributed by atoms with van der Waals surface area (Å²) < 4.78 is 0. The van der Waals surface area contributed by atoms with Crippen molar-refractivity contribution in [1.82, 2.24) is 10.2 Å². The Hall–Kier alpha value is -2.30. The minimum absolute atomic E-state index is 0.127. The highest BCUT2D eigenvalue weighted by atomic mass is 16.3. The Morgan fingerprint density at radius 3 is 2.88 bits per heavy atom. The number of phenols is 1.